The van der Waals surface area contributed by atoms with Crippen molar-refractivity contribution in [3.05, 3.63) is 0 Å². The van der Waals surface area contributed by atoms with Crippen molar-refractivity contribution in [2.24, 2.45) is 5.92 Å². The SMILES string of the molecule is CNC(=S)NCCC1CCCCC1. The Kier molecular flexibility index (Phi) is 5.13. The third kappa shape index (κ3) is 4.46. The van der Waals surface area contributed by atoms with E-state index in [9.17, 15) is 0 Å². The Morgan fingerprint density at radius 1 is 1.31 bits per heavy atom. The second kappa shape index (κ2) is 6.19. The monoisotopic (exact) mass is 200 g/mol. The molecule has 0 unspecified atom stereocenters. The molecule has 2 nitrogen and oxygen atoms in total. The van der Waals surface area contributed by atoms with E-state index in [4.69, 9.17) is 12.2 Å². The van der Waals surface area contributed by atoms with Crippen LogP contribution in [0.4, 0.5) is 0 Å². The minimum absolute atomic E-state index is 0.774. The first kappa shape index (κ1) is 10.8. The molecule has 76 valence electrons. The number of hydrogen-bond donors (Lipinski definition) is 2. The maximum Gasteiger partial charge on any atom is 0.166 e. The third-order valence-corrected chi connectivity index (χ3v) is 3.14. The van der Waals surface area contributed by atoms with Crippen molar-refractivity contribution >= 4 is 17.3 Å². The molecule has 0 heterocycles. The largest absolute Gasteiger partial charge is 0.366 e. The lowest BCUT2D eigenvalue weighted by Crippen LogP contribution is -2.33. The van der Waals surface area contributed by atoms with Crippen molar-refractivity contribution in [3.8, 4) is 0 Å². The van der Waals surface area contributed by atoms with Gasteiger partial charge in [-0.3, -0.25) is 0 Å². The Morgan fingerprint density at radius 2 is 2.00 bits per heavy atom. The van der Waals surface area contributed by atoms with E-state index in [2.05, 4.69) is 10.6 Å². The lowest BCUT2D eigenvalue weighted by molar-refractivity contribution is 0.339. The number of rotatable bonds is 3. The van der Waals surface area contributed by atoms with Gasteiger partial charge in [0, 0.05) is 13.6 Å². The van der Waals surface area contributed by atoms with E-state index in [1.165, 1.54) is 38.5 Å². The fourth-order valence-corrected chi connectivity index (χ4v) is 2.06. The van der Waals surface area contributed by atoms with Crippen LogP contribution in [0.15, 0.2) is 0 Å². The van der Waals surface area contributed by atoms with Crippen LogP contribution in [0.25, 0.3) is 0 Å². The van der Waals surface area contributed by atoms with Crippen molar-refractivity contribution in [2.45, 2.75) is 38.5 Å². The summed E-state index contributed by atoms with van der Waals surface area (Å²) in [4.78, 5) is 0. The molecule has 0 aliphatic heterocycles. The van der Waals surface area contributed by atoms with E-state index in [0.717, 1.165) is 17.6 Å². The first-order chi connectivity index (χ1) is 6.33. The van der Waals surface area contributed by atoms with Crippen LogP contribution < -0.4 is 10.6 Å². The highest BCUT2D eigenvalue weighted by atomic mass is 32.1. The molecule has 0 amide bonds. The van der Waals surface area contributed by atoms with Gasteiger partial charge < -0.3 is 10.6 Å². The van der Waals surface area contributed by atoms with Crippen LogP contribution in [-0.2, 0) is 0 Å². The molecule has 0 bridgehead atoms. The van der Waals surface area contributed by atoms with Crippen molar-refractivity contribution < 1.29 is 0 Å². The molecule has 2 N–H and O–H groups in total. The van der Waals surface area contributed by atoms with E-state index in [0.29, 0.717) is 0 Å². The van der Waals surface area contributed by atoms with E-state index in [1.54, 1.807) is 0 Å². The van der Waals surface area contributed by atoms with Gasteiger partial charge in [-0.1, -0.05) is 32.1 Å². The van der Waals surface area contributed by atoms with Crippen molar-refractivity contribution in [1.82, 2.24) is 10.6 Å². The summed E-state index contributed by atoms with van der Waals surface area (Å²) in [7, 11) is 1.86. The summed E-state index contributed by atoms with van der Waals surface area (Å²) < 4.78 is 0. The first-order valence-corrected chi connectivity index (χ1v) is 5.69. The average molecular weight is 200 g/mol. The third-order valence-electron chi connectivity index (χ3n) is 2.79. The summed E-state index contributed by atoms with van der Waals surface area (Å²) >= 11 is 5.00. The van der Waals surface area contributed by atoms with Crippen LogP contribution in [-0.4, -0.2) is 18.7 Å². The Labute approximate surface area is 86.5 Å². The molecule has 0 spiro atoms. The quantitative estimate of drug-likeness (QED) is 0.682. The van der Waals surface area contributed by atoms with Crippen LogP contribution >= 0.6 is 12.2 Å². The molecular formula is C10H20N2S. The van der Waals surface area contributed by atoms with E-state index >= 15 is 0 Å². The molecule has 0 atom stereocenters. The predicted octanol–water partition coefficient (Wildman–Crippen LogP) is 2.05. The number of hydrogen-bond acceptors (Lipinski definition) is 1. The molecule has 1 rings (SSSR count). The van der Waals surface area contributed by atoms with Crippen LogP contribution in [0.2, 0.25) is 0 Å². The van der Waals surface area contributed by atoms with Crippen molar-refractivity contribution in [3.63, 3.8) is 0 Å². The Bertz CT molecular complexity index is 153. The van der Waals surface area contributed by atoms with Gasteiger partial charge in [0.15, 0.2) is 5.11 Å². The lowest BCUT2D eigenvalue weighted by Gasteiger charge is -2.21. The predicted molar refractivity (Wildman–Crippen MR) is 60.9 cm³/mol. The summed E-state index contributed by atoms with van der Waals surface area (Å²) in [6.07, 6.45) is 8.44. The summed E-state index contributed by atoms with van der Waals surface area (Å²) in [5, 5.41) is 6.90. The fourth-order valence-electron chi connectivity index (χ4n) is 1.95. The molecule has 0 radical (unpaired) electrons. The second-order valence-corrected chi connectivity index (χ2v) is 4.21. The van der Waals surface area contributed by atoms with E-state index < -0.39 is 0 Å². The molecule has 1 saturated carbocycles. The average Bonchev–Trinajstić information content (AvgIpc) is 2.19. The molecule has 3 heteroatoms. The zero-order valence-electron chi connectivity index (χ0n) is 8.44. The number of thiocarbonyl (C=S) groups is 1. The molecule has 13 heavy (non-hydrogen) atoms. The maximum absolute atomic E-state index is 5.00. The van der Waals surface area contributed by atoms with Gasteiger partial charge in [-0.2, -0.15) is 0 Å². The lowest BCUT2D eigenvalue weighted by atomic mass is 9.87. The Morgan fingerprint density at radius 3 is 2.62 bits per heavy atom. The molecule has 0 aromatic heterocycles. The normalized spacial score (nSPS) is 18.2. The van der Waals surface area contributed by atoms with E-state index in [1.807, 2.05) is 7.05 Å². The van der Waals surface area contributed by atoms with Gasteiger partial charge in [0.25, 0.3) is 0 Å². The Hall–Kier alpha value is -0.310. The molecular weight excluding hydrogens is 180 g/mol. The summed E-state index contributed by atoms with van der Waals surface area (Å²) in [5.74, 6) is 0.945. The van der Waals surface area contributed by atoms with Crippen LogP contribution in [0.1, 0.15) is 38.5 Å². The van der Waals surface area contributed by atoms with Crippen molar-refractivity contribution in [2.75, 3.05) is 13.6 Å². The Balaban J connectivity index is 2.01. The summed E-state index contributed by atoms with van der Waals surface area (Å²) in [5.41, 5.74) is 0. The zero-order chi connectivity index (χ0) is 9.52. The minimum atomic E-state index is 0.774. The molecule has 1 aliphatic carbocycles. The standard InChI is InChI=1S/C10H20N2S/c1-11-10(13)12-8-7-9-5-3-2-4-6-9/h9H,2-8H2,1H3,(H2,11,12,13). The molecule has 1 aliphatic rings. The zero-order valence-corrected chi connectivity index (χ0v) is 9.25. The molecule has 0 aromatic rings. The van der Waals surface area contributed by atoms with Gasteiger partial charge in [-0.15, -0.1) is 0 Å². The number of nitrogens with one attached hydrogen (secondary N) is 2. The summed E-state index contributed by atoms with van der Waals surface area (Å²) in [6.45, 7) is 1.03. The molecule has 0 aromatic carbocycles. The van der Waals surface area contributed by atoms with Crippen molar-refractivity contribution in [1.29, 1.82) is 0 Å². The smallest absolute Gasteiger partial charge is 0.166 e. The van der Waals surface area contributed by atoms with Gasteiger partial charge in [0.1, 0.15) is 0 Å². The highest BCUT2D eigenvalue weighted by molar-refractivity contribution is 7.80. The van der Waals surface area contributed by atoms with Crippen LogP contribution in [0, 0.1) is 5.92 Å². The highest BCUT2D eigenvalue weighted by Gasteiger charge is 2.12. The van der Waals surface area contributed by atoms with Gasteiger partial charge in [-0.05, 0) is 24.6 Å². The highest BCUT2D eigenvalue weighted by Crippen LogP contribution is 2.25. The van der Waals surface area contributed by atoms with Crippen LogP contribution in [0.5, 0.6) is 0 Å². The van der Waals surface area contributed by atoms with Crippen LogP contribution in [0.3, 0.4) is 0 Å². The first-order valence-electron chi connectivity index (χ1n) is 5.28. The van der Waals surface area contributed by atoms with Gasteiger partial charge >= 0.3 is 0 Å². The van der Waals surface area contributed by atoms with Gasteiger partial charge in [0.05, 0.1) is 0 Å². The maximum atomic E-state index is 5.00. The second-order valence-electron chi connectivity index (χ2n) is 3.80. The van der Waals surface area contributed by atoms with Gasteiger partial charge in [-0.25, -0.2) is 0 Å². The fraction of sp³-hybridized carbons (Fsp3) is 0.900. The molecule has 0 saturated heterocycles. The van der Waals surface area contributed by atoms with Gasteiger partial charge in [0.2, 0.25) is 0 Å². The summed E-state index contributed by atoms with van der Waals surface area (Å²) in [6, 6.07) is 0. The topological polar surface area (TPSA) is 24.1 Å². The molecule has 1 fully saturated rings. The van der Waals surface area contributed by atoms with E-state index in [-0.39, 0.29) is 0 Å². The minimum Gasteiger partial charge on any atom is -0.366 e.